The van der Waals surface area contributed by atoms with Crippen LogP contribution in [0.4, 0.5) is 5.82 Å². The van der Waals surface area contributed by atoms with Gasteiger partial charge < -0.3 is 15.7 Å². The van der Waals surface area contributed by atoms with E-state index in [1.54, 1.807) is 36.2 Å². The van der Waals surface area contributed by atoms with Gasteiger partial charge in [-0.2, -0.15) is 0 Å². The lowest BCUT2D eigenvalue weighted by atomic mass is 9.92. The standard InChI is InChI=1S/C25H27Cl2N5O2/c1-3-20-22(16-4-5-21(28)29-12-16)24(31-13-30-20)17-10-18(26)23(19(27)11-17)25(34)32-8-6-15(7-9-32)14(2)33/h4-5,10-15,33H,3,6-9H2,1-2H3,(H2,28,29). The van der Waals surface area contributed by atoms with E-state index in [0.717, 1.165) is 29.7 Å². The van der Waals surface area contributed by atoms with Crippen molar-refractivity contribution in [2.45, 2.75) is 39.2 Å². The molecule has 0 bridgehead atoms. The molecule has 1 amide bonds. The number of carbonyl (C=O) groups excluding carboxylic acids is 1. The van der Waals surface area contributed by atoms with Gasteiger partial charge in [0.2, 0.25) is 0 Å². The zero-order valence-corrected chi connectivity index (χ0v) is 20.6. The molecule has 0 saturated carbocycles. The summed E-state index contributed by atoms with van der Waals surface area (Å²) in [4.78, 5) is 28.2. The van der Waals surface area contributed by atoms with Gasteiger partial charge in [0.1, 0.15) is 12.1 Å². The molecule has 1 aliphatic heterocycles. The molecule has 0 spiro atoms. The summed E-state index contributed by atoms with van der Waals surface area (Å²) >= 11 is 13.3. The van der Waals surface area contributed by atoms with Crippen molar-refractivity contribution in [1.29, 1.82) is 0 Å². The number of benzene rings is 1. The Hall–Kier alpha value is -2.74. The van der Waals surface area contributed by atoms with Gasteiger partial charge in [-0.1, -0.05) is 30.1 Å². The van der Waals surface area contributed by atoms with E-state index < -0.39 is 0 Å². The molecule has 2 aromatic heterocycles. The molecule has 1 aromatic carbocycles. The minimum Gasteiger partial charge on any atom is -0.393 e. The number of nitrogens with zero attached hydrogens (tertiary/aromatic N) is 4. The van der Waals surface area contributed by atoms with Gasteiger partial charge in [-0.05, 0) is 56.4 Å². The molecule has 1 fully saturated rings. The number of rotatable bonds is 5. The second-order valence-corrected chi connectivity index (χ2v) is 9.37. The number of nitrogen functional groups attached to an aromatic ring is 1. The van der Waals surface area contributed by atoms with Gasteiger partial charge >= 0.3 is 0 Å². The number of anilines is 1. The summed E-state index contributed by atoms with van der Waals surface area (Å²) < 4.78 is 0. The third-order valence-electron chi connectivity index (χ3n) is 6.37. The van der Waals surface area contributed by atoms with Crippen LogP contribution in [0.2, 0.25) is 10.0 Å². The van der Waals surface area contributed by atoms with Gasteiger partial charge in [-0.25, -0.2) is 15.0 Å². The van der Waals surface area contributed by atoms with Gasteiger partial charge in [-0.3, -0.25) is 4.79 Å². The number of aromatic nitrogens is 3. The number of aliphatic hydroxyl groups excluding tert-OH is 1. The van der Waals surface area contributed by atoms with Crippen molar-refractivity contribution in [1.82, 2.24) is 19.9 Å². The minimum absolute atomic E-state index is 0.198. The zero-order chi connectivity index (χ0) is 24.4. The molecule has 0 radical (unpaired) electrons. The van der Waals surface area contributed by atoms with Crippen molar-refractivity contribution in [3.05, 3.63) is 58.1 Å². The number of halogens is 2. The largest absolute Gasteiger partial charge is 0.393 e. The highest BCUT2D eigenvalue weighted by Gasteiger charge is 2.29. The number of carbonyl (C=O) groups is 1. The zero-order valence-electron chi connectivity index (χ0n) is 19.1. The van der Waals surface area contributed by atoms with E-state index in [1.807, 2.05) is 13.0 Å². The van der Waals surface area contributed by atoms with E-state index in [9.17, 15) is 9.90 Å². The Kier molecular flexibility index (Phi) is 7.36. The fourth-order valence-electron chi connectivity index (χ4n) is 4.42. The molecular formula is C25H27Cl2N5O2. The Bertz CT molecular complexity index is 1170. The van der Waals surface area contributed by atoms with Crippen LogP contribution in [0.1, 0.15) is 42.7 Å². The Labute approximate surface area is 209 Å². The number of nitrogens with two attached hydrogens (primary N) is 1. The highest BCUT2D eigenvalue weighted by Crippen LogP contribution is 2.38. The molecule has 1 atom stereocenters. The average Bonchev–Trinajstić information content (AvgIpc) is 2.83. The van der Waals surface area contributed by atoms with E-state index in [4.69, 9.17) is 28.9 Å². The van der Waals surface area contributed by atoms with E-state index in [2.05, 4.69) is 15.0 Å². The topological polar surface area (TPSA) is 105 Å². The summed E-state index contributed by atoms with van der Waals surface area (Å²) in [5.74, 6) is 0.418. The predicted molar refractivity (Wildman–Crippen MR) is 135 cm³/mol. The monoisotopic (exact) mass is 499 g/mol. The Balaban J connectivity index is 1.71. The Morgan fingerprint density at radius 1 is 1.15 bits per heavy atom. The van der Waals surface area contributed by atoms with Crippen LogP contribution in [0.15, 0.2) is 36.8 Å². The first-order chi connectivity index (χ1) is 16.3. The van der Waals surface area contributed by atoms with E-state index >= 15 is 0 Å². The fourth-order valence-corrected chi connectivity index (χ4v) is 5.07. The average molecular weight is 500 g/mol. The second-order valence-electron chi connectivity index (χ2n) is 8.55. The molecule has 3 N–H and O–H groups in total. The lowest BCUT2D eigenvalue weighted by molar-refractivity contribution is 0.0521. The normalized spacial score (nSPS) is 15.4. The summed E-state index contributed by atoms with van der Waals surface area (Å²) in [6.07, 6.45) is 5.00. The first-order valence-electron chi connectivity index (χ1n) is 11.3. The predicted octanol–water partition coefficient (Wildman–Crippen LogP) is 4.89. The molecular weight excluding hydrogens is 473 g/mol. The van der Waals surface area contributed by atoms with Crippen molar-refractivity contribution in [3.8, 4) is 22.4 Å². The number of hydrogen-bond donors (Lipinski definition) is 2. The summed E-state index contributed by atoms with van der Waals surface area (Å²) in [6, 6.07) is 7.05. The fraction of sp³-hybridized carbons (Fsp3) is 0.360. The molecule has 1 saturated heterocycles. The van der Waals surface area contributed by atoms with Gasteiger partial charge in [0, 0.05) is 36.0 Å². The van der Waals surface area contributed by atoms with Gasteiger partial charge in [0.15, 0.2) is 0 Å². The molecule has 0 aliphatic carbocycles. The van der Waals surface area contributed by atoms with Gasteiger partial charge in [0.25, 0.3) is 5.91 Å². The second kappa shape index (κ2) is 10.3. The van der Waals surface area contributed by atoms with Gasteiger partial charge in [0.05, 0.1) is 33.1 Å². The van der Waals surface area contributed by atoms with Crippen molar-refractivity contribution in [3.63, 3.8) is 0 Å². The van der Waals surface area contributed by atoms with Crippen LogP contribution in [-0.2, 0) is 6.42 Å². The molecule has 178 valence electrons. The van der Waals surface area contributed by atoms with Crippen molar-refractivity contribution < 1.29 is 9.90 Å². The number of aryl methyl sites for hydroxylation is 1. The highest BCUT2D eigenvalue weighted by atomic mass is 35.5. The van der Waals surface area contributed by atoms with Crippen LogP contribution in [-0.4, -0.2) is 50.1 Å². The summed E-state index contributed by atoms with van der Waals surface area (Å²) in [5.41, 5.74) is 9.89. The molecule has 1 unspecified atom stereocenters. The third kappa shape index (κ3) is 4.87. The Morgan fingerprint density at radius 3 is 2.38 bits per heavy atom. The number of amides is 1. The maximum Gasteiger partial charge on any atom is 0.256 e. The van der Waals surface area contributed by atoms with Crippen LogP contribution in [0.3, 0.4) is 0 Å². The van der Waals surface area contributed by atoms with Crippen LogP contribution in [0.5, 0.6) is 0 Å². The first-order valence-corrected chi connectivity index (χ1v) is 12.1. The summed E-state index contributed by atoms with van der Waals surface area (Å²) in [6.45, 7) is 4.93. The van der Waals surface area contributed by atoms with Crippen molar-refractivity contribution >= 4 is 34.9 Å². The number of likely N-dealkylation sites (tertiary alicyclic amines) is 1. The molecule has 1 aliphatic rings. The third-order valence-corrected chi connectivity index (χ3v) is 6.97. The lowest BCUT2D eigenvalue weighted by Crippen LogP contribution is -2.41. The minimum atomic E-state index is -0.380. The molecule has 4 rings (SSSR count). The summed E-state index contributed by atoms with van der Waals surface area (Å²) in [7, 11) is 0. The molecule has 9 heteroatoms. The molecule has 7 nitrogen and oxygen atoms in total. The maximum atomic E-state index is 13.2. The first kappa shape index (κ1) is 24.4. The number of hydrogen-bond acceptors (Lipinski definition) is 6. The van der Waals surface area contributed by atoms with Crippen LogP contribution in [0, 0.1) is 5.92 Å². The van der Waals surface area contributed by atoms with Gasteiger partial charge in [-0.15, -0.1) is 0 Å². The molecule has 3 aromatic rings. The van der Waals surface area contributed by atoms with E-state index in [1.165, 1.54) is 6.33 Å². The van der Waals surface area contributed by atoms with E-state index in [0.29, 0.717) is 36.6 Å². The van der Waals surface area contributed by atoms with Crippen molar-refractivity contribution in [2.75, 3.05) is 18.8 Å². The van der Waals surface area contributed by atoms with Crippen LogP contribution < -0.4 is 5.73 Å². The molecule has 34 heavy (non-hydrogen) atoms. The van der Waals surface area contributed by atoms with E-state index in [-0.39, 0.29) is 33.5 Å². The number of pyridine rings is 1. The SMILES string of the molecule is CCc1ncnc(-c2cc(Cl)c(C(=O)N3CCC(C(C)O)CC3)c(Cl)c2)c1-c1ccc(N)nc1. The lowest BCUT2D eigenvalue weighted by Gasteiger charge is -2.33. The number of aliphatic hydroxyl groups is 1. The van der Waals surface area contributed by atoms with Crippen molar-refractivity contribution in [2.24, 2.45) is 5.92 Å². The smallest absolute Gasteiger partial charge is 0.256 e. The highest BCUT2D eigenvalue weighted by molar-refractivity contribution is 6.40. The molecule has 3 heterocycles. The Morgan fingerprint density at radius 2 is 1.82 bits per heavy atom. The summed E-state index contributed by atoms with van der Waals surface area (Å²) in [5, 5.41) is 10.4. The maximum absolute atomic E-state index is 13.2. The van der Waals surface area contributed by atoms with Crippen LogP contribution in [0.25, 0.3) is 22.4 Å². The number of piperidine rings is 1. The quantitative estimate of drug-likeness (QED) is 0.517. The van der Waals surface area contributed by atoms with Crippen LogP contribution >= 0.6 is 23.2 Å².